The molecule has 9 heteroatoms. The normalized spacial score (nSPS) is 17.5. The number of thiazole rings is 1. The number of carbonyl (C=O) groups excluding carboxylic acids is 1. The molecule has 1 aliphatic heterocycles. The fraction of sp³-hybridized carbons (Fsp3) is 0.533. The van der Waals surface area contributed by atoms with Gasteiger partial charge in [0.25, 0.3) is 0 Å². The Morgan fingerprint density at radius 1 is 1.54 bits per heavy atom. The van der Waals surface area contributed by atoms with E-state index in [9.17, 15) is 4.79 Å². The number of amides is 2. The van der Waals surface area contributed by atoms with Gasteiger partial charge in [-0.15, -0.1) is 11.3 Å². The van der Waals surface area contributed by atoms with Crippen molar-refractivity contribution in [3.63, 3.8) is 0 Å². The van der Waals surface area contributed by atoms with Gasteiger partial charge in [-0.05, 0) is 12.8 Å². The standard InChI is InChI=1S/C15H22N6O2S/c1-16-15-18-11(9-24-15)7-17-14(22)19-13-6-12(20-21(13)2)10-4-3-5-23-8-10/h6,9-10H,3-5,7-8H2,1-2H3,(H,16,18)(H2,17,19,22). The average Bonchev–Trinajstić information content (AvgIpc) is 3.21. The van der Waals surface area contributed by atoms with Gasteiger partial charge in [-0.2, -0.15) is 5.10 Å². The number of aromatic nitrogens is 3. The fourth-order valence-corrected chi connectivity index (χ4v) is 3.29. The molecule has 0 bridgehead atoms. The summed E-state index contributed by atoms with van der Waals surface area (Å²) < 4.78 is 7.19. The molecule has 1 unspecified atom stereocenters. The third-order valence-electron chi connectivity index (χ3n) is 3.91. The Balaban J connectivity index is 1.54. The second-order valence-corrected chi connectivity index (χ2v) is 6.55. The van der Waals surface area contributed by atoms with E-state index in [1.165, 1.54) is 11.3 Å². The zero-order valence-corrected chi connectivity index (χ0v) is 14.7. The van der Waals surface area contributed by atoms with Crippen LogP contribution in [0.3, 0.4) is 0 Å². The van der Waals surface area contributed by atoms with Crippen LogP contribution >= 0.6 is 11.3 Å². The van der Waals surface area contributed by atoms with Crippen LogP contribution in [0.5, 0.6) is 0 Å². The van der Waals surface area contributed by atoms with Gasteiger partial charge in [0.05, 0.1) is 24.5 Å². The van der Waals surface area contributed by atoms with Crippen LogP contribution in [0.4, 0.5) is 15.7 Å². The van der Waals surface area contributed by atoms with Crippen molar-refractivity contribution in [1.82, 2.24) is 20.1 Å². The topological polar surface area (TPSA) is 93.1 Å². The minimum absolute atomic E-state index is 0.275. The first kappa shape index (κ1) is 16.7. The van der Waals surface area contributed by atoms with Gasteiger partial charge in [0, 0.05) is 38.1 Å². The molecule has 2 amide bonds. The van der Waals surface area contributed by atoms with E-state index < -0.39 is 0 Å². The van der Waals surface area contributed by atoms with Crippen LogP contribution < -0.4 is 16.0 Å². The summed E-state index contributed by atoms with van der Waals surface area (Å²) in [6.07, 6.45) is 2.12. The minimum atomic E-state index is -0.275. The van der Waals surface area contributed by atoms with E-state index in [2.05, 4.69) is 26.0 Å². The second-order valence-electron chi connectivity index (χ2n) is 5.69. The van der Waals surface area contributed by atoms with Crippen molar-refractivity contribution in [3.8, 4) is 0 Å². The zero-order valence-electron chi connectivity index (χ0n) is 13.8. The third kappa shape index (κ3) is 4.04. The summed E-state index contributed by atoms with van der Waals surface area (Å²) >= 11 is 1.51. The number of hydrogen-bond acceptors (Lipinski definition) is 6. The molecule has 0 spiro atoms. The number of hydrogen-bond donors (Lipinski definition) is 3. The predicted molar refractivity (Wildman–Crippen MR) is 93.5 cm³/mol. The summed E-state index contributed by atoms with van der Waals surface area (Å²) in [4.78, 5) is 16.4. The van der Waals surface area contributed by atoms with Gasteiger partial charge in [0.1, 0.15) is 5.82 Å². The van der Waals surface area contributed by atoms with Gasteiger partial charge in [-0.25, -0.2) is 9.78 Å². The fourth-order valence-electron chi connectivity index (χ4n) is 2.61. The number of anilines is 2. The molecule has 1 saturated heterocycles. The smallest absolute Gasteiger partial charge is 0.320 e. The molecule has 1 aliphatic rings. The largest absolute Gasteiger partial charge is 0.381 e. The van der Waals surface area contributed by atoms with Gasteiger partial charge >= 0.3 is 6.03 Å². The van der Waals surface area contributed by atoms with Crippen LogP contribution in [0.25, 0.3) is 0 Å². The average molecular weight is 350 g/mol. The maximum absolute atomic E-state index is 12.1. The lowest BCUT2D eigenvalue weighted by Crippen LogP contribution is -2.29. The molecule has 0 aliphatic carbocycles. The first-order valence-corrected chi connectivity index (χ1v) is 8.82. The number of nitrogens with one attached hydrogen (secondary N) is 3. The highest BCUT2D eigenvalue weighted by Crippen LogP contribution is 2.26. The molecular formula is C15H22N6O2S. The molecule has 1 fully saturated rings. The van der Waals surface area contributed by atoms with E-state index >= 15 is 0 Å². The van der Waals surface area contributed by atoms with E-state index in [-0.39, 0.29) is 6.03 Å². The van der Waals surface area contributed by atoms with Gasteiger partial charge in [-0.3, -0.25) is 10.00 Å². The molecule has 3 N–H and O–H groups in total. The van der Waals surface area contributed by atoms with E-state index in [0.717, 1.165) is 36.0 Å². The number of ether oxygens (including phenoxy) is 1. The van der Waals surface area contributed by atoms with Crippen molar-refractivity contribution < 1.29 is 9.53 Å². The second kappa shape index (κ2) is 7.63. The van der Waals surface area contributed by atoms with Crippen molar-refractivity contribution in [3.05, 3.63) is 22.8 Å². The number of carbonyl (C=O) groups is 1. The monoisotopic (exact) mass is 350 g/mol. The Hall–Kier alpha value is -2.13. The van der Waals surface area contributed by atoms with Crippen molar-refractivity contribution in [2.45, 2.75) is 25.3 Å². The summed E-state index contributed by atoms with van der Waals surface area (Å²) in [5.41, 5.74) is 1.79. The van der Waals surface area contributed by atoms with Crippen molar-refractivity contribution in [2.75, 3.05) is 30.9 Å². The molecule has 0 radical (unpaired) electrons. The molecule has 2 aromatic rings. The SMILES string of the molecule is CNc1nc(CNC(=O)Nc2cc(C3CCCOC3)nn2C)cs1. The van der Waals surface area contributed by atoms with Crippen molar-refractivity contribution in [2.24, 2.45) is 7.05 Å². The highest BCUT2D eigenvalue weighted by atomic mass is 32.1. The maximum atomic E-state index is 12.1. The summed E-state index contributed by atoms with van der Waals surface area (Å²) in [5.74, 6) is 0.973. The molecule has 3 heterocycles. The molecule has 8 nitrogen and oxygen atoms in total. The third-order valence-corrected chi connectivity index (χ3v) is 4.82. The number of nitrogens with zero attached hydrogens (tertiary/aromatic N) is 3. The molecule has 130 valence electrons. The van der Waals surface area contributed by atoms with Gasteiger partial charge < -0.3 is 15.4 Å². The lowest BCUT2D eigenvalue weighted by molar-refractivity contribution is 0.0791. The summed E-state index contributed by atoms with van der Waals surface area (Å²) in [6, 6.07) is 1.64. The van der Waals surface area contributed by atoms with Crippen LogP contribution in [0.15, 0.2) is 11.4 Å². The van der Waals surface area contributed by atoms with Crippen LogP contribution in [0, 0.1) is 0 Å². The van der Waals surface area contributed by atoms with E-state index in [0.29, 0.717) is 24.9 Å². The molecular weight excluding hydrogens is 328 g/mol. The number of rotatable bonds is 5. The Morgan fingerprint density at radius 2 is 2.42 bits per heavy atom. The Kier molecular flexibility index (Phi) is 5.31. The quantitative estimate of drug-likeness (QED) is 0.768. The van der Waals surface area contributed by atoms with Gasteiger partial charge in [0.2, 0.25) is 0 Å². The highest BCUT2D eigenvalue weighted by molar-refractivity contribution is 7.13. The Morgan fingerprint density at radius 3 is 3.12 bits per heavy atom. The Labute approximate surface area is 144 Å². The van der Waals surface area contributed by atoms with Gasteiger partial charge in [-0.1, -0.05) is 0 Å². The van der Waals surface area contributed by atoms with Crippen LogP contribution in [-0.4, -0.2) is 41.1 Å². The maximum Gasteiger partial charge on any atom is 0.320 e. The minimum Gasteiger partial charge on any atom is -0.381 e. The van der Waals surface area contributed by atoms with E-state index in [1.54, 1.807) is 4.68 Å². The number of urea groups is 1. The molecule has 1 atom stereocenters. The van der Waals surface area contributed by atoms with Crippen LogP contribution in [0.1, 0.15) is 30.1 Å². The van der Waals surface area contributed by atoms with Crippen LogP contribution in [0.2, 0.25) is 0 Å². The predicted octanol–water partition coefficient (Wildman–Crippen LogP) is 2.13. The first-order valence-electron chi connectivity index (χ1n) is 7.94. The summed E-state index contributed by atoms with van der Waals surface area (Å²) in [5, 5.41) is 15.8. The molecule has 24 heavy (non-hydrogen) atoms. The molecule has 0 saturated carbocycles. The molecule has 0 aromatic carbocycles. The lowest BCUT2D eigenvalue weighted by atomic mass is 9.99. The first-order chi connectivity index (χ1) is 11.7. The van der Waals surface area contributed by atoms with E-state index in [1.807, 2.05) is 25.5 Å². The summed E-state index contributed by atoms with van der Waals surface area (Å²) in [6.45, 7) is 1.90. The molecule has 2 aromatic heterocycles. The highest BCUT2D eigenvalue weighted by Gasteiger charge is 2.20. The zero-order chi connectivity index (χ0) is 16.9. The summed E-state index contributed by atoms with van der Waals surface area (Å²) in [7, 11) is 3.64. The lowest BCUT2D eigenvalue weighted by Gasteiger charge is -2.19. The Bertz CT molecular complexity index is 692. The molecule has 3 rings (SSSR count). The van der Waals surface area contributed by atoms with Crippen LogP contribution in [-0.2, 0) is 18.3 Å². The van der Waals surface area contributed by atoms with Gasteiger partial charge in [0.15, 0.2) is 5.13 Å². The van der Waals surface area contributed by atoms with E-state index in [4.69, 9.17) is 4.74 Å². The number of aryl methyl sites for hydroxylation is 1. The van der Waals surface area contributed by atoms with Crippen molar-refractivity contribution >= 4 is 28.3 Å². The van der Waals surface area contributed by atoms with Crippen molar-refractivity contribution in [1.29, 1.82) is 0 Å².